The molecule has 2 aliphatic rings. The zero-order valence-corrected chi connectivity index (χ0v) is 21.0. The molecule has 0 spiro atoms. The van der Waals surface area contributed by atoms with E-state index in [-0.39, 0.29) is 5.91 Å². The summed E-state index contributed by atoms with van der Waals surface area (Å²) in [6.07, 6.45) is 2.81. The van der Waals surface area contributed by atoms with E-state index >= 15 is 0 Å². The van der Waals surface area contributed by atoms with Gasteiger partial charge in [-0.15, -0.1) is 11.3 Å². The van der Waals surface area contributed by atoms with Crippen molar-refractivity contribution >= 4 is 40.4 Å². The average molecular weight is 494 g/mol. The Morgan fingerprint density at radius 2 is 2.00 bits per heavy atom. The first kappa shape index (κ1) is 23.5. The maximum Gasteiger partial charge on any atom is 0.238 e. The SMILES string of the molecule is COc1cc(NC(=O)CN2CCN(C)CC2)ccc1Nc1nccc(N2CCc3sccc3C2)n1. The first-order valence-electron chi connectivity index (χ1n) is 11.9. The zero-order valence-electron chi connectivity index (χ0n) is 20.2. The molecule has 2 N–H and O–H groups in total. The van der Waals surface area contributed by atoms with Gasteiger partial charge in [0.15, 0.2) is 0 Å². The number of hydrogen-bond donors (Lipinski definition) is 2. The summed E-state index contributed by atoms with van der Waals surface area (Å²) in [5.41, 5.74) is 2.81. The Hall–Kier alpha value is -3.21. The van der Waals surface area contributed by atoms with Gasteiger partial charge in [-0.2, -0.15) is 4.98 Å². The number of likely N-dealkylation sites (N-methyl/N-ethyl adjacent to an activating group) is 1. The molecule has 0 bridgehead atoms. The zero-order chi connectivity index (χ0) is 24.2. The van der Waals surface area contributed by atoms with Crippen molar-refractivity contribution in [3.05, 3.63) is 52.3 Å². The molecule has 3 aromatic rings. The Bertz CT molecular complexity index is 1180. The van der Waals surface area contributed by atoms with Crippen molar-refractivity contribution in [1.82, 2.24) is 19.8 Å². The molecule has 2 aromatic heterocycles. The van der Waals surface area contributed by atoms with Crippen LogP contribution in [0.2, 0.25) is 0 Å². The number of benzene rings is 1. The van der Waals surface area contributed by atoms with E-state index in [1.807, 2.05) is 35.6 Å². The van der Waals surface area contributed by atoms with Crippen LogP contribution in [-0.4, -0.2) is 79.1 Å². The second kappa shape index (κ2) is 10.6. The standard InChI is InChI=1S/C25H31N7O2S/c1-30-10-12-31(13-11-30)17-24(33)27-19-3-4-20(21(15-19)34-2)28-25-26-8-5-23(29-25)32-9-6-22-18(16-32)7-14-35-22/h3-5,7-8,14-15H,6,9-13,16-17H2,1-2H3,(H,27,33)(H,26,28,29). The van der Waals surface area contributed by atoms with Crippen molar-refractivity contribution in [3.63, 3.8) is 0 Å². The monoisotopic (exact) mass is 493 g/mol. The van der Waals surface area contributed by atoms with Crippen molar-refractivity contribution in [2.45, 2.75) is 13.0 Å². The highest BCUT2D eigenvalue weighted by Crippen LogP contribution is 2.31. The minimum Gasteiger partial charge on any atom is -0.494 e. The van der Waals surface area contributed by atoms with Gasteiger partial charge >= 0.3 is 0 Å². The van der Waals surface area contributed by atoms with Crippen molar-refractivity contribution < 1.29 is 9.53 Å². The molecule has 0 unspecified atom stereocenters. The van der Waals surface area contributed by atoms with Crippen molar-refractivity contribution in [3.8, 4) is 5.75 Å². The number of methoxy groups -OCH3 is 1. The maximum absolute atomic E-state index is 12.5. The van der Waals surface area contributed by atoms with Gasteiger partial charge < -0.3 is 25.2 Å². The lowest BCUT2D eigenvalue weighted by atomic mass is 10.1. The number of piperazine rings is 1. The molecule has 1 aromatic carbocycles. The Morgan fingerprint density at radius 1 is 1.14 bits per heavy atom. The van der Waals surface area contributed by atoms with Crippen molar-refractivity contribution in [2.24, 2.45) is 0 Å². The summed E-state index contributed by atoms with van der Waals surface area (Å²) in [4.78, 5) is 29.9. The molecule has 35 heavy (non-hydrogen) atoms. The first-order valence-corrected chi connectivity index (χ1v) is 12.7. The minimum absolute atomic E-state index is 0.0244. The molecule has 184 valence electrons. The van der Waals surface area contributed by atoms with Crippen LogP contribution in [0.25, 0.3) is 0 Å². The number of ether oxygens (including phenoxy) is 1. The fourth-order valence-corrected chi connectivity index (χ4v) is 5.32. The summed E-state index contributed by atoms with van der Waals surface area (Å²) in [5.74, 6) is 1.98. The van der Waals surface area contributed by atoms with Gasteiger partial charge in [-0.3, -0.25) is 9.69 Å². The molecule has 0 atom stereocenters. The largest absolute Gasteiger partial charge is 0.494 e. The summed E-state index contributed by atoms with van der Waals surface area (Å²) in [6, 6.07) is 9.69. The van der Waals surface area contributed by atoms with E-state index in [2.05, 4.69) is 48.8 Å². The van der Waals surface area contributed by atoms with E-state index in [9.17, 15) is 4.79 Å². The Labute approximate surface area is 209 Å². The first-order chi connectivity index (χ1) is 17.1. The lowest BCUT2D eigenvalue weighted by Gasteiger charge is -2.31. The highest BCUT2D eigenvalue weighted by atomic mass is 32.1. The quantitative estimate of drug-likeness (QED) is 0.520. The van der Waals surface area contributed by atoms with E-state index in [4.69, 9.17) is 9.72 Å². The summed E-state index contributed by atoms with van der Waals surface area (Å²) < 4.78 is 5.58. The third-order valence-corrected chi connectivity index (χ3v) is 7.49. The summed E-state index contributed by atoms with van der Waals surface area (Å²) in [6.45, 7) is 5.97. The number of fused-ring (bicyclic) bond motifs is 1. The van der Waals surface area contributed by atoms with E-state index in [1.165, 1.54) is 10.4 Å². The fourth-order valence-electron chi connectivity index (χ4n) is 4.43. The van der Waals surface area contributed by atoms with Crippen LogP contribution in [-0.2, 0) is 17.8 Å². The Balaban J connectivity index is 1.23. The van der Waals surface area contributed by atoms with Gasteiger partial charge in [0.25, 0.3) is 0 Å². The van der Waals surface area contributed by atoms with Crippen LogP contribution in [0, 0.1) is 0 Å². The number of anilines is 4. The predicted octanol–water partition coefficient (Wildman–Crippen LogP) is 3.04. The lowest BCUT2D eigenvalue weighted by molar-refractivity contribution is -0.117. The molecule has 0 saturated carbocycles. The van der Waals surface area contributed by atoms with Crippen molar-refractivity contribution in [1.29, 1.82) is 0 Å². The van der Waals surface area contributed by atoms with E-state index in [0.29, 0.717) is 23.9 Å². The number of aromatic nitrogens is 2. The van der Waals surface area contributed by atoms with Crippen LogP contribution in [0.15, 0.2) is 41.9 Å². The van der Waals surface area contributed by atoms with Crippen LogP contribution in [0.5, 0.6) is 5.75 Å². The molecule has 1 amide bonds. The van der Waals surface area contributed by atoms with Gasteiger partial charge in [-0.1, -0.05) is 0 Å². The molecule has 0 radical (unpaired) electrons. The Morgan fingerprint density at radius 3 is 2.83 bits per heavy atom. The van der Waals surface area contributed by atoms with E-state index in [0.717, 1.165) is 57.2 Å². The number of rotatable bonds is 7. The lowest BCUT2D eigenvalue weighted by Crippen LogP contribution is -2.47. The number of thiophene rings is 1. The smallest absolute Gasteiger partial charge is 0.238 e. The molecular formula is C25H31N7O2S. The molecule has 4 heterocycles. The van der Waals surface area contributed by atoms with Crippen LogP contribution in [0.3, 0.4) is 0 Å². The molecule has 5 rings (SSSR count). The van der Waals surface area contributed by atoms with Crippen LogP contribution < -0.4 is 20.3 Å². The van der Waals surface area contributed by atoms with E-state index in [1.54, 1.807) is 13.3 Å². The summed E-state index contributed by atoms with van der Waals surface area (Å²) >= 11 is 1.83. The number of amides is 1. The molecule has 1 fully saturated rings. The molecule has 9 nitrogen and oxygen atoms in total. The molecule has 2 aliphatic heterocycles. The van der Waals surface area contributed by atoms with Gasteiger partial charge in [0.05, 0.1) is 19.3 Å². The second-order valence-corrected chi connectivity index (χ2v) is 9.95. The number of hydrogen-bond acceptors (Lipinski definition) is 9. The number of nitrogens with one attached hydrogen (secondary N) is 2. The number of carbonyl (C=O) groups is 1. The van der Waals surface area contributed by atoms with Crippen LogP contribution in [0.1, 0.15) is 10.4 Å². The molecule has 10 heteroatoms. The number of nitrogens with zero attached hydrogens (tertiary/aromatic N) is 5. The Kier molecular flexibility index (Phi) is 7.12. The van der Waals surface area contributed by atoms with Gasteiger partial charge in [0.2, 0.25) is 11.9 Å². The normalized spacial score (nSPS) is 16.6. The molecule has 1 saturated heterocycles. The van der Waals surface area contributed by atoms with Gasteiger partial charge in [0, 0.05) is 62.1 Å². The van der Waals surface area contributed by atoms with Gasteiger partial charge in [-0.05, 0) is 48.7 Å². The highest BCUT2D eigenvalue weighted by Gasteiger charge is 2.20. The topological polar surface area (TPSA) is 85.9 Å². The molecular weight excluding hydrogens is 462 g/mol. The molecule has 0 aliphatic carbocycles. The van der Waals surface area contributed by atoms with Crippen molar-refractivity contribution in [2.75, 3.05) is 69.0 Å². The van der Waals surface area contributed by atoms with Gasteiger partial charge in [0.1, 0.15) is 11.6 Å². The maximum atomic E-state index is 12.5. The van der Waals surface area contributed by atoms with Crippen LogP contribution in [0.4, 0.5) is 23.1 Å². The van der Waals surface area contributed by atoms with Gasteiger partial charge in [-0.25, -0.2) is 4.98 Å². The second-order valence-electron chi connectivity index (χ2n) is 8.95. The van der Waals surface area contributed by atoms with E-state index < -0.39 is 0 Å². The third kappa shape index (κ3) is 5.72. The predicted molar refractivity (Wildman–Crippen MR) is 140 cm³/mol. The third-order valence-electron chi connectivity index (χ3n) is 6.47. The minimum atomic E-state index is -0.0244. The van der Waals surface area contributed by atoms with Crippen LogP contribution >= 0.6 is 11.3 Å². The average Bonchev–Trinajstić information content (AvgIpc) is 3.34. The summed E-state index contributed by atoms with van der Waals surface area (Å²) in [5, 5.41) is 8.41. The summed E-state index contributed by atoms with van der Waals surface area (Å²) in [7, 11) is 3.72. The highest BCUT2D eigenvalue weighted by molar-refractivity contribution is 7.10. The number of carbonyl (C=O) groups excluding carboxylic acids is 1. The fraction of sp³-hybridized carbons (Fsp3) is 0.400.